The van der Waals surface area contributed by atoms with Crippen LogP contribution in [0.15, 0.2) is 24.4 Å². The van der Waals surface area contributed by atoms with Gasteiger partial charge in [0, 0.05) is 30.4 Å². The number of carbonyl (C=O) groups excluding carboxylic acids is 1. The number of rotatable bonds is 2. The number of phenolic OH excluding ortho intramolecular Hbond substituents is 1. The van der Waals surface area contributed by atoms with E-state index in [0.717, 1.165) is 37.6 Å². The number of hydrogen-bond donors (Lipinski definition) is 3. The van der Waals surface area contributed by atoms with Crippen molar-refractivity contribution < 1.29 is 14.6 Å². The molecule has 2 aromatic rings. The first kappa shape index (κ1) is 14.0. The molecule has 0 bridgehead atoms. The van der Waals surface area contributed by atoms with Gasteiger partial charge in [0.15, 0.2) is 0 Å². The summed E-state index contributed by atoms with van der Waals surface area (Å²) >= 11 is 0. The topological polar surface area (TPSA) is 87.2 Å². The molecule has 0 atom stereocenters. The van der Waals surface area contributed by atoms with Gasteiger partial charge in [-0.1, -0.05) is 0 Å². The lowest BCUT2D eigenvalue weighted by Gasteiger charge is -2.19. The van der Waals surface area contributed by atoms with Crippen LogP contribution in [0.1, 0.15) is 35.8 Å². The fourth-order valence-electron chi connectivity index (χ4n) is 3.08. The summed E-state index contributed by atoms with van der Waals surface area (Å²) in [6.45, 7) is 1.52. The minimum absolute atomic E-state index is 0.138. The minimum Gasteiger partial charge on any atom is -0.508 e. The number of nitrogens with zero attached hydrogens (tertiary/aromatic N) is 1. The van der Waals surface area contributed by atoms with Gasteiger partial charge >= 0.3 is 0 Å². The van der Waals surface area contributed by atoms with Crippen LogP contribution in [0.3, 0.4) is 0 Å². The third-order valence-electron chi connectivity index (χ3n) is 4.31. The van der Waals surface area contributed by atoms with Crippen molar-refractivity contribution in [2.45, 2.75) is 18.8 Å². The highest BCUT2D eigenvalue weighted by Crippen LogP contribution is 2.35. The van der Waals surface area contributed by atoms with Gasteiger partial charge in [0.05, 0.1) is 17.5 Å². The van der Waals surface area contributed by atoms with Crippen LogP contribution < -0.4 is 5.32 Å². The van der Waals surface area contributed by atoms with Crippen molar-refractivity contribution in [3.05, 3.63) is 41.5 Å². The van der Waals surface area contributed by atoms with Crippen LogP contribution in [0, 0.1) is 0 Å². The second kappa shape index (κ2) is 5.55. The number of fused-ring (bicyclic) bond motifs is 1. The number of phenols is 1. The van der Waals surface area contributed by atoms with Gasteiger partial charge in [-0.05, 0) is 37.1 Å². The lowest BCUT2D eigenvalue weighted by Crippen LogP contribution is -2.15. The molecule has 23 heavy (non-hydrogen) atoms. The Kier molecular flexibility index (Phi) is 3.38. The molecule has 1 amide bonds. The van der Waals surface area contributed by atoms with Crippen LogP contribution in [0.25, 0.3) is 11.6 Å². The zero-order valence-corrected chi connectivity index (χ0v) is 12.5. The first-order chi connectivity index (χ1) is 11.2. The van der Waals surface area contributed by atoms with Gasteiger partial charge in [-0.3, -0.25) is 4.79 Å². The molecule has 1 aromatic carbocycles. The van der Waals surface area contributed by atoms with Crippen LogP contribution in [0.4, 0.5) is 5.69 Å². The quantitative estimate of drug-likeness (QED) is 0.587. The maximum Gasteiger partial charge on any atom is 0.256 e. The van der Waals surface area contributed by atoms with E-state index < -0.39 is 0 Å². The van der Waals surface area contributed by atoms with E-state index >= 15 is 0 Å². The van der Waals surface area contributed by atoms with Crippen molar-refractivity contribution in [1.29, 1.82) is 0 Å². The number of nitrogens with one attached hydrogen (secondary N) is 2. The Hall–Kier alpha value is -2.60. The average molecular weight is 311 g/mol. The van der Waals surface area contributed by atoms with E-state index in [1.165, 1.54) is 0 Å². The molecule has 3 heterocycles. The summed E-state index contributed by atoms with van der Waals surface area (Å²) in [5.41, 5.74) is 2.73. The molecule has 1 saturated heterocycles. The summed E-state index contributed by atoms with van der Waals surface area (Å²) < 4.78 is 5.37. The van der Waals surface area contributed by atoms with Crippen molar-refractivity contribution in [2.24, 2.45) is 0 Å². The number of hydrogen-bond acceptors (Lipinski definition) is 4. The number of ether oxygens (including phenoxy) is 1. The summed E-state index contributed by atoms with van der Waals surface area (Å²) in [6.07, 6.45) is 5.43. The molecule has 0 unspecified atom stereocenters. The Labute approximate surface area is 133 Å². The largest absolute Gasteiger partial charge is 0.508 e. The van der Waals surface area contributed by atoms with Gasteiger partial charge in [-0.25, -0.2) is 4.98 Å². The van der Waals surface area contributed by atoms with Crippen molar-refractivity contribution in [3.63, 3.8) is 0 Å². The molecule has 0 radical (unpaired) electrons. The van der Waals surface area contributed by atoms with Gasteiger partial charge in [0.1, 0.15) is 11.6 Å². The van der Waals surface area contributed by atoms with Gasteiger partial charge in [0.2, 0.25) is 0 Å². The minimum atomic E-state index is -0.173. The van der Waals surface area contributed by atoms with Crippen LogP contribution in [0.2, 0.25) is 0 Å². The van der Waals surface area contributed by atoms with Crippen LogP contribution in [-0.4, -0.2) is 34.2 Å². The predicted molar refractivity (Wildman–Crippen MR) is 86.0 cm³/mol. The molecule has 118 valence electrons. The Morgan fingerprint density at radius 2 is 2.13 bits per heavy atom. The fourth-order valence-corrected chi connectivity index (χ4v) is 3.08. The molecule has 4 rings (SSSR count). The molecule has 2 aliphatic heterocycles. The molecule has 0 saturated carbocycles. The highest BCUT2D eigenvalue weighted by Gasteiger charge is 2.25. The number of benzene rings is 1. The number of anilines is 1. The molecule has 0 spiro atoms. The second-order valence-electron chi connectivity index (χ2n) is 5.85. The number of amides is 1. The van der Waals surface area contributed by atoms with E-state index in [1.807, 2.05) is 0 Å². The van der Waals surface area contributed by atoms with Gasteiger partial charge in [-0.2, -0.15) is 0 Å². The fraction of sp³-hybridized carbons (Fsp3) is 0.294. The number of aromatic hydroxyl groups is 1. The molecule has 3 N–H and O–H groups in total. The summed E-state index contributed by atoms with van der Waals surface area (Å²) in [5.74, 6) is 1.28. The Bertz CT molecular complexity index is 788. The van der Waals surface area contributed by atoms with Crippen molar-refractivity contribution in [1.82, 2.24) is 9.97 Å². The van der Waals surface area contributed by atoms with E-state index in [4.69, 9.17) is 4.74 Å². The molecule has 1 aromatic heterocycles. The molecule has 2 aliphatic rings. The zero-order chi connectivity index (χ0) is 15.8. The zero-order valence-electron chi connectivity index (χ0n) is 12.5. The van der Waals surface area contributed by atoms with Gasteiger partial charge in [0.25, 0.3) is 5.91 Å². The third-order valence-corrected chi connectivity index (χ3v) is 4.31. The Balaban J connectivity index is 1.65. The van der Waals surface area contributed by atoms with Gasteiger partial charge in [-0.15, -0.1) is 0 Å². The maximum atomic E-state index is 12.1. The third kappa shape index (κ3) is 2.61. The summed E-state index contributed by atoms with van der Waals surface area (Å²) in [5, 5.41) is 12.4. The Morgan fingerprint density at radius 3 is 2.96 bits per heavy atom. The molecule has 1 fully saturated rings. The first-order valence-electron chi connectivity index (χ1n) is 7.70. The Morgan fingerprint density at radius 1 is 1.30 bits per heavy atom. The van der Waals surface area contributed by atoms with Crippen molar-refractivity contribution >= 4 is 23.2 Å². The number of carbonyl (C=O) groups is 1. The van der Waals surface area contributed by atoms with E-state index in [9.17, 15) is 9.90 Å². The monoisotopic (exact) mass is 311 g/mol. The lowest BCUT2D eigenvalue weighted by molar-refractivity contribution is -0.110. The highest BCUT2D eigenvalue weighted by molar-refractivity contribution is 6.34. The van der Waals surface area contributed by atoms with Crippen molar-refractivity contribution in [2.75, 3.05) is 18.5 Å². The number of aromatic nitrogens is 2. The first-order valence-corrected chi connectivity index (χ1v) is 7.70. The van der Waals surface area contributed by atoms with E-state index in [2.05, 4.69) is 15.3 Å². The second-order valence-corrected chi connectivity index (χ2v) is 5.85. The van der Waals surface area contributed by atoms with E-state index in [0.29, 0.717) is 22.7 Å². The van der Waals surface area contributed by atoms with Crippen molar-refractivity contribution in [3.8, 4) is 5.75 Å². The molecule has 6 heteroatoms. The summed E-state index contributed by atoms with van der Waals surface area (Å²) in [4.78, 5) is 19.9. The van der Waals surface area contributed by atoms with Crippen LogP contribution >= 0.6 is 0 Å². The van der Waals surface area contributed by atoms with E-state index in [1.54, 1.807) is 30.5 Å². The van der Waals surface area contributed by atoms with Crippen LogP contribution in [0.5, 0.6) is 5.75 Å². The average Bonchev–Trinajstić information content (AvgIpc) is 3.15. The molecule has 0 aliphatic carbocycles. The normalized spacial score (nSPS) is 19.8. The number of imidazole rings is 1. The standard InChI is InChI=1S/C17H17N3O3/c21-12-1-2-15-13(8-12)14(17(22)20-15)7-11-9-18-16(19-11)10-3-5-23-6-4-10/h1-2,7-10,21H,3-6H2,(H,18,19)(H,20,22)/b14-7-. The molecular formula is C17H17N3O3. The number of aromatic amines is 1. The van der Waals surface area contributed by atoms with E-state index in [-0.39, 0.29) is 11.7 Å². The van der Waals surface area contributed by atoms with Crippen LogP contribution in [-0.2, 0) is 9.53 Å². The lowest BCUT2D eigenvalue weighted by atomic mass is 10.00. The highest BCUT2D eigenvalue weighted by atomic mass is 16.5. The smallest absolute Gasteiger partial charge is 0.256 e. The molecular weight excluding hydrogens is 294 g/mol. The predicted octanol–water partition coefficient (Wildman–Crippen LogP) is 2.50. The summed E-state index contributed by atoms with van der Waals surface area (Å²) in [7, 11) is 0. The molecule has 6 nitrogen and oxygen atoms in total. The maximum absolute atomic E-state index is 12.1. The SMILES string of the molecule is O=C1Nc2ccc(O)cc2/C1=C/c1cnc(C2CCOCC2)[nH]1. The number of H-pyrrole nitrogens is 1. The van der Waals surface area contributed by atoms with Gasteiger partial charge < -0.3 is 20.1 Å². The summed E-state index contributed by atoms with van der Waals surface area (Å²) in [6, 6.07) is 4.85.